The maximum Gasteiger partial charge on any atom is 0.109 e. The maximum absolute atomic E-state index is 9.43. The largest absolute Gasteiger partial charge is 0.362 e. The van der Waals surface area contributed by atoms with Crippen LogP contribution in [0.3, 0.4) is 0 Å². The lowest BCUT2D eigenvalue weighted by Gasteiger charge is -2.22. The molecule has 1 aromatic heterocycles. The van der Waals surface area contributed by atoms with Crippen molar-refractivity contribution in [3.05, 3.63) is 22.9 Å². The number of thiophene rings is 1. The standard InChI is InChI=1S/C15H23N2S/c1-5-9-17(10-6-2)15-13(11-16)12(7-3)14(8-4)18-15/h3,5-10H2,1-2,4H3/q-1. The highest BCUT2D eigenvalue weighted by atomic mass is 32.1. The highest BCUT2D eigenvalue weighted by molar-refractivity contribution is 7.16. The van der Waals surface area contributed by atoms with E-state index in [0.717, 1.165) is 48.5 Å². The average Bonchev–Trinajstić information content (AvgIpc) is 2.75. The average molecular weight is 263 g/mol. The minimum absolute atomic E-state index is 0.717. The van der Waals surface area contributed by atoms with E-state index in [1.54, 1.807) is 11.3 Å². The Morgan fingerprint density at radius 1 is 1.22 bits per heavy atom. The summed E-state index contributed by atoms with van der Waals surface area (Å²) in [7, 11) is 0. The second kappa shape index (κ2) is 7.43. The Kier molecular flexibility index (Phi) is 6.21. The lowest BCUT2D eigenvalue weighted by Crippen LogP contribution is -2.24. The third kappa shape index (κ3) is 3.05. The number of hydrogen-bond acceptors (Lipinski definition) is 3. The van der Waals surface area contributed by atoms with E-state index in [-0.39, 0.29) is 0 Å². The predicted molar refractivity (Wildman–Crippen MR) is 80.3 cm³/mol. The summed E-state index contributed by atoms with van der Waals surface area (Å²) < 4.78 is 0. The summed E-state index contributed by atoms with van der Waals surface area (Å²) in [5, 5.41) is 10.6. The van der Waals surface area contributed by atoms with Crippen LogP contribution >= 0.6 is 11.3 Å². The quantitative estimate of drug-likeness (QED) is 0.690. The fourth-order valence-corrected chi connectivity index (χ4v) is 3.53. The fraction of sp³-hybridized carbons (Fsp3) is 0.600. The predicted octanol–water partition coefficient (Wildman–Crippen LogP) is 4.19. The summed E-state index contributed by atoms with van der Waals surface area (Å²) in [6.07, 6.45) is 3.94. The van der Waals surface area contributed by atoms with Crippen molar-refractivity contribution in [2.45, 2.75) is 46.5 Å². The van der Waals surface area contributed by atoms with Gasteiger partial charge in [-0.25, -0.2) is 0 Å². The van der Waals surface area contributed by atoms with Crippen molar-refractivity contribution in [3.63, 3.8) is 0 Å². The van der Waals surface area contributed by atoms with Gasteiger partial charge in [0.15, 0.2) is 0 Å². The summed E-state index contributed by atoms with van der Waals surface area (Å²) in [5.74, 6) is 0. The molecule has 3 heteroatoms. The first-order valence-corrected chi connectivity index (χ1v) is 7.63. The van der Waals surface area contributed by atoms with Crippen molar-refractivity contribution >= 4 is 16.3 Å². The first kappa shape index (κ1) is 15.0. The molecule has 0 unspecified atom stereocenters. The van der Waals surface area contributed by atoms with Gasteiger partial charge in [0, 0.05) is 18.0 Å². The zero-order chi connectivity index (χ0) is 13.5. The molecule has 0 radical (unpaired) electrons. The van der Waals surface area contributed by atoms with Crippen molar-refractivity contribution in [1.82, 2.24) is 0 Å². The van der Waals surface area contributed by atoms with Crippen LogP contribution in [-0.4, -0.2) is 13.1 Å². The van der Waals surface area contributed by atoms with Crippen molar-refractivity contribution in [1.29, 1.82) is 5.26 Å². The molecule has 0 aliphatic carbocycles. The van der Waals surface area contributed by atoms with Crippen LogP contribution in [0.15, 0.2) is 0 Å². The monoisotopic (exact) mass is 263 g/mol. The fourth-order valence-electron chi connectivity index (χ4n) is 2.24. The second-order valence-electron chi connectivity index (χ2n) is 4.39. The highest BCUT2D eigenvalue weighted by Gasteiger charge is 2.18. The smallest absolute Gasteiger partial charge is 0.109 e. The topological polar surface area (TPSA) is 27.0 Å². The second-order valence-corrected chi connectivity index (χ2v) is 5.47. The molecule has 2 nitrogen and oxygen atoms in total. The molecule has 1 rings (SSSR count). The maximum atomic E-state index is 9.43. The van der Waals surface area contributed by atoms with Crippen LogP contribution < -0.4 is 4.90 Å². The van der Waals surface area contributed by atoms with E-state index in [9.17, 15) is 5.26 Å². The van der Waals surface area contributed by atoms with E-state index in [0.29, 0.717) is 6.42 Å². The van der Waals surface area contributed by atoms with Crippen LogP contribution in [0.25, 0.3) is 0 Å². The molecule has 0 atom stereocenters. The van der Waals surface area contributed by atoms with Crippen molar-refractivity contribution < 1.29 is 0 Å². The molecular formula is C15H23N2S-. The van der Waals surface area contributed by atoms with Gasteiger partial charge in [0.1, 0.15) is 11.1 Å². The van der Waals surface area contributed by atoms with E-state index in [1.165, 1.54) is 4.88 Å². The van der Waals surface area contributed by atoms with Gasteiger partial charge in [-0.2, -0.15) is 11.7 Å². The summed E-state index contributed by atoms with van der Waals surface area (Å²) >= 11 is 1.79. The third-order valence-electron chi connectivity index (χ3n) is 3.03. The number of nitrogens with zero attached hydrogens (tertiary/aromatic N) is 2. The Morgan fingerprint density at radius 3 is 2.22 bits per heavy atom. The van der Waals surface area contributed by atoms with Gasteiger partial charge in [0.2, 0.25) is 0 Å². The SMILES string of the molecule is [CH2-]Cc1c(CC)sc(N(CCC)CCC)c1C#N. The molecule has 0 spiro atoms. The van der Waals surface area contributed by atoms with Crippen LogP contribution in [0, 0.1) is 18.3 Å². The van der Waals surface area contributed by atoms with Crippen molar-refractivity contribution in [2.75, 3.05) is 18.0 Å². The van der Waals surface area contributed by atoms with Crippen LogP contribution in [0.1, 0.15) is 49.6 Å². The summed E-state index contributed by atoms with van der Waals surface area (Å²) in [5.41, 5.74) is 2.03. The van der Waals surface area contributed by atoms with Gasteiger partial charge in [-0.15, -0.1) is 11.3 Å². The Morgan fingerprint density at radius 2 is 1.83 bits per heavy atom. The molecule has 0 bridgehead atoms. The van der Waals surface area contributed by atoms with Gasteiger partial charge in [-0.3, -0.25) is 0 Å². The number of aryl methyl sites for hydroxylation is 1. The molecule has 0 aromatic carbocycles. The van der Waals surface area contributed by atoms with Gasteiger partial charge in [-0.1, -0.05) is 20.8 Å². The molecule has 0 aliphatic rings. The summed E-state index contributed by atoms with van der Waals surface area (Å²) in [6.45, 7) is 12.6. The highest BCUT2D eigenvalue weighted by Crippen LogP contribution is 2.36. The van der Waals surface area contributed by atoms with E-state index < -0.39 is 0 Å². The van der Waals surface area contributed by atoms with E-state index in [4.69, 9.17) is 0 Å². The molecule has 18 heavy (non-hydrogen) atoms. The summed E-state index contributed by atoms with van der Waals surface area (Å²) in [4.78, 5) is 3.69. The lowest BCUT2D eigenvalue weighted by atomic mass is 10.1. The molecular weight excluding hydrogens is 240 g/mol. The van der Waals surface area contributed by atoms with E-state index >= 15 is 0 Å². The van der Waals surface area contributed by atoms with Crippen molar-refractivity contribution in [3.8, 4) is 6.07 Å². The van der Waals surface area contributed by atoms with Gasteiger partial charge >= 0.3 is 0 Å². The Hall–Kier alpha value is -1.01. The Balaban J connectivity index is 3.20. The van der Waals surface area contributed by atoms with Gasteiger partial charge in [-0.05, 0) is 24.8 Å². The Bertz CT molecular complexity index is 409. The van der Waals surface area contributed by atoms with Crippen LogP contribution in [0.5, 0.6) is 0 Å². The van der Waals surface area contributed by atoms with Crippen LogP contribution in [0.2, 0.25) is 0 Å². The Labute approximate surface area is 115 Å². The molecule has 0 saturated carbocycles. The zero-order valence-electron chi connectivity index (χ0n) is 11.8. The number of nitriles is 1. The molecule has 0 aliphatic heterocycles. The third-order valence-corrected chi connectivity index (χ3v) is 4.47. The summed E-state index contributed by atoms with van der Waals surface area (Å²) in [6, 6.07) is 2.40. The molecule has 1 aromatic rings. The molecule has 0 saturated heterocycles. The van der Waals surface area contributed by atoms with Gasteiger partial charge in [0.05, 0.1) is 5.56 Å². The molecule has 0 N–H and O–H groups in total. The molecule has 1 heterocycles. The lowest BCUT2D eigenvalue weighted by molar-refractivity contribution is 0.750. The zero-order valence-corrected chi connectivity index (χ0v) is 12.6. The first-order valence-electron chi connectivity index (χ1n) is 6.82. The molecule has 0 amide bonds. The number of hydrogen-bond donors (Lipinski definition) is 0. The van der Waals surface area contributed by atoms with Crippen molar-refractivity contribution in [2.24, 2.45) is 0 Å². The number of rotatable bonds is 7. The minimum atomic E-state index is 0.717. The molecule has 0 fully saturated rings. The normalized spacial score (nSPS) is 10.4. The van der Waals surface area contributed by atoms with Gasteiger partial charge < -0.3 is 11.8 Å². The van der Waals surface area contributed by atoms with Crippen LogP contribution in [-0.2, 0) is 12.8 Å². The first-order chi connectivity index (χ1) is 8.73. The minimum Gasteiger partial charge on any atom is -0.362 e. The van der Waals surface area contributed by atoms with E-state index in [1.807, 2.05) is 0 Å². The van der Waals surface area contributed by atoms with Gasteiger partial charge in [0.25, 0.3) is 0 Å². The number of anilines is 1. The van der Waals surface area contributed by atoms with E-state index in [2.05, 4.69) is 38.7 Å². The molecule has 100 valence electrons. The van der Waals surface area contributed by atoms with Crippen LogP contribution in [0.4, 0.5) is 5.00 Å².